The number of aromatic nitrogens is 2. The zero-order chi connectivity index (χ0) is 6.97. The van der Waals surface area contributed by atoms with Gasteiger partial charge in [-0.3, -0.25) is 9.78 Å². The van der Waals surface area contributed by atoms with Crippen LogP contribution in [0.2, 0.25) is 0 Å². The summed E-state index contributed by atoms with van der Waals surface area (Å²) < 4.78 is 4.95. The molecule has 4 nitrogen and oxygen atoms in total. The van der Waals surface area contributed by atoms with Gasteiger partial charge in [0.25, 0.3) is 5.56 Å². The standard InChI is InChI=1S/C6H6N2O2/c9-6-2-7-4(1-8-6)5-3-10-5/h1-2,5H,3H2,(H,8,9). The highest BCUT2D eigenvalue weighted by Gasteiger charge is 2.25. The average Bonchev–Trinajstić information content (AvgIpc) is 2.71. The third-order valence-electron chi connectivity index (χ3n) is 1.36. The summed E-state index contributed by atoms with van der Waals surface area (Å²) in [5.74, 6) is 0. The predicted molar refractivity (Wildman–Crippen MR) is 33.6 cm³/mol. The molecule has 52 valence electrons. The van der Waals surface area contributed by atoms with Crippen molar-refractivity contribution in [3.8, 4) is 0 Å². The van der Waals surface area contributed by atoms with Crippen molar-refractivity contribution < 1.29 is 4.74 Å². The average molecular weight is 138 g/mol. The number of epoxide rings is 1. The molecule has 1 atom stereocenters. The highest BCUT2D eigenvalue weighted by molar-refractivity contribution is 5.03. The molecule has 2 rings (SSSR count). The molecule has 0 bridgehead atoms. The van der Waals surface area contributed by atoms with E-state index in [1.807, 2.05) is 0 Å². The van der Waals surface area contributed by atoms with Crippen molar-refractivity contribution in [2.24, 2.45) is 0 Å². The molecule has 0 aromatic carbocycles. The van der Waals surface area contributed by atoms with E-state index in [1.165, 1.54) is 6.20 Å². The van der Waals surface area contributed by atoms with Crippen LogP contribution in [0.5, 0.6) is 0 Å². The molecule has 4 heteroatoms. The van der Waals surface area contributed by atoms with Crippen LogP contribution >= 0.6 is 0 Å². The molecular weight excluding hydrogens is 132 g/mol. The van der Waals surface area contributed by atoms with Gasteiger partial charge >= 0.3 is 0 Å². The Bertz CT molecular complexity index is 270. The lowest BCUT2D eigenvalue weighted by molar-refractivity contribution is 0.410. The first-order chi connectivity index (χ1) is 4.86. The predicted octanol–water partition coefficient (Wildman–Crippen LogP) is -0.159. The number of hydrogen-bond acceptors (Lipinski definition) is 3. The minimum atomic E-state index is -0.176. The van der Waals surface area contributed by atoms with Crippen LogP contribution in [0.4, 0.5) is 0 Å². The Balaban J connectivity index is 2.36. The molecule has 1 aliphatic heterocycles. The van der Waals surface area contributed by atoms with Gasteiger partial charge in [0, 0.05) is 6.20 Å². The minimum absolute atomic E-state index is 0.122. The summed E-state index contributed by atoms with van der Waals surface area (Å²) in [5, 5.41) is 0. The van der Waals surface area contributed by atoms with Crippen LogP contribution in [-0.2, 0) is 4.74 Å². The highest BCUT2D eigenvalue weighted by atomic mass is 16.6. The third kappa shape index (κ3) is 0.930. The fourth-order valence-electron chi connectivity index (χ4n) is 0.748. The van der Waals surface area contributed by atoms with Crippen molar-refractivity contribution in [1.29, 1.82) is 0 Å². The molecule has 2 heterocycles. The number of ether oxygens (including phenoxy) is 1. The van der Waals surface area contributed by atoms with Gasteiger partial charge in [-0.15, -0.1) is 0 Å². The maximum atomic E-state index is 10.5. The number of aromatic amines is 1. The maximum absolute atomic E-state index is 10.5. The summed E-state index contributed by atoms with van der Waals surface area (Å²) in [4.78, 5) is 16.9. The van der Waals surface area contributed by atoms with Gasteiger partial charge in [0.05, 0.1) is 18.5 Å². The molecule has 0 aliphatic carbocycles. The molecule has 0 radical (unpaired) electrons. The lowest BCUT2D eigenvalue weighted by Crippen LogP contribution is -2.05. The summed E-state index contributed by atoms with van der Waals surface area (Å²) in [6, 6.07) is 0. The first-order valence-electron chi connectivity index (χ1n) is 3.02. The maximum Gasteiger partial charge on any atom is 0.266 e. The molecule has 1 N–H and O–H groups in total. The molecule has 0 spiro atoms. The largest absolute Gasteiger partial charge is 0.366 e. The lowest BCUT2D eigenvalue weighted by atomic mass is 10.3. The molecular formula is C6H6N2O2. The Morgan fingerprint density at radius 3 is 3.10 bits per heavy atom. The van der Waals surface area contributed by atoms with E-state index in [-0.39, 0.29) is 11.7 Å². The van der Waals surface area contributed by atoms with Gasteiger partial charge in [-0.05, 0) is 0 Å². The zero-order valence-electron chi connectivity index (χ0n) is 5.20. The molecule has 1 unspecified atom stereocenters. The molecule has 1 aromatic heterocycles. The number of H-pyrrole nitrogens is 1. The van der Waals surface area contributed by atoms with Crippen molar-refractivity contribution in [3.05, 3.63) is 28.4 Å². The molecule has 0 saturated carbocycles. The summed E-state index contributed by atoms with van der Waals surface area (Å²) in [6.45, 7) is 0.721. The Kier molecular flexibility index (Phi) is 1.07. The van der Waals surface area contributed by atoms with Gasteiger partial charge < -0.3 is 9.72 Å². The SMILES string of the molecule is O=c1cnc(C2CO2)c[nH]1. The number of nitrogens with zero attached hydrogens (tertiary/aromatic N) is 1. The molecule has 1 saturated heterocycles. The van der Waals surface area contributed by atoms with E-state index >= 15 is 0 Å². The van der Waals surface area contributed by atoms with Gasteiger partial charge in [-0.2, -0.15) is 0 Å². The normalized spacial score (nSPS) is 22.6. The van der Waals surface area contributed by atoms with Gasteiger partial charge in [0.15, 0.2) is 0 Å². The first kappa shape index (κ1) is 5.61. The van der Waals surface area contributed by atoms with Crippen LogP contribution in [0, 0.1) is 0 Å². The summed E-state index contributed by atoms with van der Waals surface area (Å²) in [6.07, 6.45) is 2.97. The molecule has 1 fully saturated rings. The number of nitrogens with one attached hydrogen (secondary N) is 1. The van der Waals surface area contributed by atoms with Crippen molar-refractivity contribution in [2.75, 3.05) is 6.61 Å². The Hall–Kier alpha value is -1.16. The van der Waals surface area contributed by atoms with Crippen LogP contribution in [0.15, 0.2) is 17.2 Å². The Morgan fingerprint density at radius 2 is 2.60 bits per heavy atom. The van der Waals surface area contributed by atoms with Crippen LogP contribution in [-0.4, -0.2) is 16.6 Å². The highest BCUT2D eigenvalue weighted by Crippen LogP contribution is 2.26. The number of hydrogen-bond donors (Lipinski definition) is 1. The second-order valence-electron chi connectivity index (χ2n) is 2.16. The van der Waals surface area contributed by atoms with Crippen molar-refractivity contribution >= 4 is 0 Å². The van der Waals surface area contributed by atoms with E-state index in [0.29, 0.717) is 0 Å². The zero-order valence-corrected chi connectivity index (χ0v) is 5.20. The fraction of sp³-hybridized carbons (Fsp3) is 0.333. The van der Waals surface area contributed by atoms with Crippen molar-refractivity contribution in [2.45, 2.75) is 6.10 Å². The van der Waals surface area contributed by atoms with Crippen LogP contribution < -0.4 is 5.56 Å². The lowest BCUT2D eigenvalue weighted by Gasteiger charge is -1.89. The molecule has 10 heavy (non-hydrogen) atoms. The van der Waals surface area contributed by atoms with E-state index in [1.54, 1.807) is 6.20 Å². The fourth-order valence-corrected chi connectivity index (χ4v) is 0.748. The summed E-state index contributed by atoms with van der Waals surface area (Å²) in [7, 11) is 0. The van der Waals surface area contributed by atoms with Crippen molar-refractivity contribution in [3.63, 3.8) is 0 Å². The van der Waals surface area contributed by atoms with Crippen LogP contribution in [0.3, 0.4) is 0 Å². The van der Waals surface area contributed by atoms with Crippen LogP contribution in [0.25, 0.3) is 0 Å². The van der Waals surface area contributed by atoms with Gasteiger partial charge in [-0.1, -0.05) is 0 Å². The minimum Gasteiger partial charge on any atom is -0.366 e. The van der Waals surface area contributed by atoms with Crippen molar-refractivity contribution in [1.82, 2.24) is 9.97 Å². The molecule has 1 aromatic rings. The third-order valence-corrected chi connectivity index (χ3v) is 1.36. The monoisotopic (exact) mass is 138 g/mol. The topological polar surface area (TPSA) is 58.3 Å². The van der Waals surface area contributed by atoms with Gasteiger partial charge in [-0.25, -0.2) is 0 Å². The van der Waals surface area contributed by atoms with E-state index in [4.69, 9.17) is 4.74 Å². The van der Waals surface area contributed by atoms with E-state index < -0.39 is 0 Å². The van der Waals surface area contributed by atoms with Gasteiger partial charge in [0.2, 0.25) is 0 Å². The second kappa shape index (κ2) is 1.91. The van der Waals surface area contributed by atoms with E-state index in [2.05, 4.69) is 9.97 Å². The Morgan fingerprint density at radius 1 is 1.80 bits per heavy atom. The summed E-state index contributed by atoms with van der Waals surface area (Å²) >= 11 is 0. The van der Waals surface area contributed by atoms with Gasteiger partial charge in [0.1, 0.15) is 6.10 Å². The first-order valence-corrected chi connectivity index (χ1v) is 3.02. The summed E-state index contributed by atoms with van der Waals surface area (Å²) in [5.41, 5.74) is 0.629. The Labute approximate surface area is 56.9 Å². The van der Waals surface area contributed by atoms with E-state index in [0.717, 1.165) is 12.3 Å². The smallest absolute Gasteiger partial charge is 0.266 e. The second-order valence-corrected chi connectivity index (χ2v) is 2.16. The quantitative estimate of drug-likeness (QED) is 0.548. The molecule has 1 aliphatic rings. The molecule has 0 amide bonds. The van der Waals surface area contributed by atoms with E-state index in [9.17, 15) is 4.79 Å². The van der Waals surface area contributed by atoms with Crippen LogP contribution in [0.1, 0.15) is 11.8 Å². The number of rotatable bonds is 1.